The minimum atomic E-state index is -0.300. The first-order valence-electron chi connectivity index (χ1n) is 9.15. The van der Waals surface area contributed by atoms with Gasteiger partial charge in [0, 0.05) is 23.3 Å². The van der Waals surface area contributed by atoms with Gasteiger partial charge < -0.3 is 19.7 Å². The highest BCUT2D eigenvalue weighted by Gasteiger charge is 2.17. The lowest BCUT2D eigenvalue weighted by Gasteiger charge is -2.18. The number of nitrogens with one attached hydrogen (secondary N) is 1. The summed E-state index contributed by atoms with van der Waals surface area (Å²) in [5, 5.41) is 3.32. The average molecular weight is 405 g/mol. The predicted molar refractivity (Wildman–Crippen MR) is 110 cm³/mol. The van der Waals surface area contributed by atoms with Gasteiger partial charge in [0.25, 0.3) is 5.91 Å². The number of amides is 2. The lowest BCUT2D eigenvalue weighted by Crippen LogP contribution is -2.34. The second kappa shape index (κ2) is 10.6. The summed E-state index contributed by atoms with van der Waals surface area (Å²) in [4.78, 5) is 26.2. The Hall–Kier alpha value is -2.73. The van der Waals surface area contributed by atoms with E-state index in [0.717, 1.165) is 6.42 Å². The summed E-state index contributed by atoms with van der Waals surface area (Å²) >= 11 is 5.83. The molecule has 150 valence electrons. The summed E-state index contributed by atoms with van der Waals surface area (Å²) in [6.45, 7) is 4.82. The van der Waals surface area contributed by atoms with Gasteiger partial charge in [-0.3, -0.25) is 9.59 Å². The maximum absolute atomic E-state index is 12.7. The van der Waals surface area contributed by atoms with Crippen LogP contribution >= 0.6 is 11.6 Å². The van der Waals surface area contributed by atoms with Gasteiger partial charge in [-0.2, -0.15) is 0 Å². The van der Waals surface area contributed by atoms with Crippen LogP contribution in [0.5, 0.6) is 11.5 Å². The van der Waals surface area contributed by atoms with E-state index in [4.69, 9.17) is 21.1 Å². The highest BCUT2D eigenvalue weighted by atomic mass is 35.5. The number of ether oxygens (including phenoxy) is 2. The standard InChI is InChI=1S/C21H25ClN2O4/c1-4-12-28-18-11-6-15(13-19(18)27-5-2)21(26)24(3)14-20(25)23-17-9-7-16(22)8-10-17/h6-11,13H,4-5,12,14H2,1-3H3,(H,23,25). The molecule has 2 aromatic carbocycles. The van der Waals surface area contributed by atoms with E-state index < -0.39 is 0 Å². The number of hydrogen-bond acceptors (Lipinski definition) is 4. The van der Waals surface area contributed by atoms with E-state index in [2.05, 4.69) is 5.32 Å². The first kappa shape index (κ1) is 21.6. The van der Waals surface area contributed by atoms with E-state index >= 15 is 0 Å². The Morgan fingerprint density at radius 2 is 1.75 bits per heavy atom. The molecule has 2 rings (SSSR count). The molecule has 0 unspecified atom stereocenters. The van der Waals surface area contributed by atoms with Crippen molar-refractivity contribution in [2.75, 3.05) is 32.1 Å². The molecule has 0 aliphatic carbocycles. The molecular formula is C21H25ClN2O4. The van der Waals surface area contributed by atoms with Crippen molar-refractivity contribution in [2.24, 2.45) is 0 Å². The van der Waals surface area contributed by atoms with Crippen molar-refractivity contribution < 1.29 is 19.1 Å². The second-order valence-corrected chi connectivity index (χ2v) is 6.60. The number of carbonyl (C=O) groups excluding carboxylic acids is 2. The number of anilines is 1. The molecule has 0 fully saturated rings. The van der Waals surface area contributed by atoms with E-state index in [1.807, 2.05) is 13.8 Å². The molecule has 0 saturated carbocycles. The van der Waals surface area contributed by atoms with Crippen molar-refractivity contribution >= 4 is 29.1 Å². The third-order valence-electron chi connectivity index (χ3n) is 3.81. The largest absolute Gasteiger partial charge is 0.490 e. The third kappa shape index (κ3) is 6.16. The van der Waals surface area contributed by atoms with Crippen LogP contribution < -0.4 is 14.8 Å². The van der Waals surface area contributed by atoms with Crippen LogP contribution in [0.4, 0.5) is 5.69 Å². The number of halogens is 1. The average Bonchev–Trinajstić information content (AvgIpc) is 2.68. The first-order valence-corrected chi connectivity index (χ1v) is 9.53. The quantitative estimate of drug-likeness (QED) is 0.678. The van der Waals surface area contributed by atoms with Crippen molar-refractivity contribution in [1.29, 1.82) is 0 Å². The molecular weight excluding hydrogens is 380 g/mol. The van der Waals surface area contributed by atoms with E-state index in [1.165, 1.54) is 4.90 Å². The van der Waals surface area contributed by atoms with Crippen LogP contribution in [0.1, 0.15) is 30.6 Å². The number of hydrogen-bond donors (Lipinski definition) is 1. The smallest absolute Gasteiger partial charge is 0.254 e. The third-order valence-corrected chi connectivity index (χ3v) is 4.06. The van der Waals surface area contributed by atoms with Crippen molar-refractivity contribution in [3.8, 4) is 11.5 Å². The lowest BCUT2D eigenvalue weighted by molar-refractivity contribution is -0.116. The van der Waals surface area contributed by atoms with Crippen LogP contribution in [0, 0.1) is 0 Å². The summed E-state index contributed by atoms with van der Waals surface area (Å²) in [6, 6.07) is 11.8. The number of nitrogens with zero attached hydrogens (tertiary/aromatic N) is 1. The zero-order valence-electron chi connectivity index (χ0n) is 16.3. The molecule has 0 radical (unpaired) electrons. The molecule has 1 N–H and O–H groups in total. The Bertz CT molecular complexity index is 809. The number of benzene rings is 2. The van der Waals surface area contributed by atoms with Crippen molar-refractivity contribution in [3.05, 3.63) is 53.1 Å². The lowest BCUT2D eigenvalue weighted by atomic mass is 10.1. The summed E-state index contributed by atoms with van der Waals surface area (Å²) in [5.41, 5.74) is 1.04. The van der Waals surface area contributed by atoms with E-state index in [9.17, 15) is 9.59 Å². The van der Waals surface area contributed by atoms with Gasteiger partial charge >= 0.3 is 0 Å². The number of carbonyl (C=O) groups is 2. The minimum absolute atomic E-state index is 0.0838. The normalized spacial score (nSPS) is 10.3. The van der Waals surface area contributed by atoms with Crippen LogP contribution in [0.15, 0.2) is 42.5 Å². The minimum Gasteiger partial charge on any atom is -0.490 e. The fourth-order valence-corrected chi connectivity index (χ4v) is 2.61. The molecule has 2 aromatic rings. The SMILES string of the molecule is CCCOc1ccc(C(=O)N(C)CC(=O)Nc2ccc(Cl)cc2)cc1OCC. The maximum Gasteiger partial charge on any atom is 0.254 e. The van der Waals surface area contributed by atoms with Gasteiger partial charge in [0.2, 0.25) is 5.91 Å². The summed E-state index contributed by atoms with van der Waals surface area (Å²) in [7, 11) is 1.58. The maximum atomic E-state index is 12.7. The topological polar surface area (TPSA) is 67.9 Å². The zero-order valence-corrected chi connectivity index (χ0v) is 17.1. The van der Waals surface area contributed by atoms with Gasteiger partial charge in [-0.1, -0.05) is 18.5 Å². The fourth-order valence-electron chi connectivity index (χ4n) is 2.48. The predicted octanol–water partition coefficient (Wildman–Crippen LogP) is 4.24. The fraction of sp³-hybridized carbons (Fsp3) is 0.333. The monoisotopic (exact) mass is 404 g/mol. The summed E-state index contributed by atoms with van der Waals surface area (Å²) < 4.78 is 11.2. The van der Waals surface area contributed by atoms with Crippen molar-refractivity contribution in [2.45, 2.75) is 20.3 Å². The Labute approximate surface area is 170 Å². The summed E-state index contributed by atoms with van der Waals surface area (Å²) in [6.07, 6.45) is 0.873. The van der Waals surface area contributed by atoms with Gasteiger partial charge in [-0.05, 0) is 55.8 Å². The molecule has 6 nitrogen and oxygen atoms in total. The first-order chi connectivity index (χ1) is 13.4. The molecule has 0 heterocycles. The molecule has 0 aromatic heterocycles. The molecule has 0 spiro atoms. The van der Waals surface area contributed by atoms with Crippen molar-refractivity contribution in [3.63, 3.8) is 0 Å². The van der Waals surface area contributed by atoms with Gasteiger partial charge in [-0.15, -0.1) is 0 Å². The van der Waals surface area contributed by atoms with Gasteiger partial charge in [0.05, 0.1) is 19.8 Å². The highest BCUT2D eigenvalue weighted by molar-refractivity contribution is 6.30. The van der Waals surface area contributed by atoms with Gasteiger partial charge in [0.15, 0.2) is 11.5 Å². The van der Waals surface area contributed by atoms with Crippen molar-refractivity contribution in [1.82, 2.24) is 4.90 Å². The van der Waals surface area contributed by atoms with E-state index in [1.54, 1.807) is 49.5 Å². The zero-order chi connectivity index (χ0) is 20.5. The summed E-state index contributed by atoms with van der Waals surface area (Å²) in [5.74, 6) is 0.532. The molecule has 0 aliphatic rings. The molecule has 0 saturated heterocycles. The Morgan fingerprint density at radius 1 is 1.04 bits per heavy atom. The molecule has 0 bridgehead atoms. The molecule has 2 amide bonds. The molecule has 0 aliphatic heterocycles. The van der Waals surface area contributed by atoms with Crippen LogP contribution in [0.2, 0.25) is 5.02 Å². The molecule has 28 heavy (non-hydrogen) atoms. The van der Waals surface area contributed by atoms with E-state index in [-0.39, 0.29) is 18.4 Å². The Morgan fingerprint density at radius 3 is 2.39 bits per heavy atom. The van der Waals surface area contributed by atoms with Gasteiger partial charge in [0.1, 0.15) is 0 Å². The highest BCUT2D eigenvalue weighted by Crippen LogP contribution is 2.29. The second-order valence-electron chi connectivity index (χ2n) is 6.16. The van der Waals surface area contributed by atoms with Crippen LogP contribution in [0.25, 0.3) is 0 Å². The van der Waals surface area contributed by atoms with Crippen LogP contribution in [-0.4, -0.2) is 43.5 Å². The van der Waals surface area contributed by atoms with E-state index in [0.29, 0.717) is 41.0 Å². The molecule has 0 atom stereocenters. The Balaban J connectivity index is 2.03. The molecule has 7 heteroatoms. The number of likely N-dealkylation sites (N-methyl/N-ethyl adjacent to an activating group) is 1. The Kier molecular flexibility index (Phi) is 8.14. The van der Waals surface area contributed by atoms with Gasteiger partial charge in [-0.25, -0.2) is 0 Å². The van der Waals surface area contributed by atoms with Crippen LogP contribution in [0.3, 0.4) is 0 Å². The van der Waals surface area contributed by atoms with Crippen LogP contribution in [-0.2, 0) is 4.79 Å². The number of rotatable bonds is 9.